The molecule has 0 unspecified atom stereocenters. The lowest BCUT2D eigenvalue weighted by Crippen LogP contribution is -2.37. The average molecular weight is 217 g/mol. The van der Waals surface area contributed by atoms with Crippen LogP contribution in [-0.2, 0) is 14.3 Å². The van der Waals surface area contributed by atoms with Crippen molar-refractivity contribution in [3.63, 3.8) is 0 Å². The minimum atomic E-state index is -0.926. The van der Waals surface area contributed by atoms with Gasteiger partial charge in [-0.15, -0.1) is 5.06 Å². The molecule has 0 spiro atoms. The van der Waals surface area contributed by atoms with E-state index in [4.69, 9.17) is 0 Å². The molecule has 0 aliphatic heterocycles. The summed E-state index contributed by atoms with van der Waals surface area (Å²) < 4.78 is 8.79. The fourth-order valence-electron chi connectivity index (χ4n) is 1.08. The van der Waals surface area contributed by atoms with Gasteiger partial charge in [0.2, 0.25) is 0 Å². The Hall–Kier alpha value is -1.46. The zero-order chi connectivity index (χ0) is 11.5. The number of hydrogen-bond donors (Lipinski definition) is 0. The van der Waals surface area contributed by atoms with Crippen molar-refractivity contribution in [2.45, 2.75) is 19.8 Å². The number of ether oxygens (including phenoxy) is 2. The third-order valence-corrected chi connectivity index (χ3v) is 2.36. The molecule has 1 amide bonds. The van der Waals surface area contributed by atoms with Crippen LogP contribution < -0.4 is 0 Å². The van der Waals surface area contributed by atoms with E-state index < -0.39 is 12.2 Å². The summed E-state index contributed by atoms with van der Waals surface area (Å²) in [5.74, 6) is 0. The van der Waals surface area contributed by atoms with Crippen LogP contribution in [0.15, 0.2) is 0 Å². The number of hydrogen-bond acceptors (Lipinski definition) is 5. The Balaban J connectivity index is 2.52. The van der Waals surface area contributed by atoms with E-state index in [0.29, 0.717) is 6.54 Å². The third-order valence-electron chi connectivity index (χ3n) is 2.36. The molecule has 0 aromatic carbocycles. The van der Waals surface area contributed by atoms with Crippen LogP contribution in [0.1, 0.15) is 19.8 Å². The molecule has 6 nitrogen and oxygen atoms in total. The van der Waals surface area contributed by atoms with Gasteiger partial charge in [-0.1, -0.05) is 6.92 Å². The number of carbonyl (C=O) groups is 2. The molecule has 1 aliphatic carbocycles. The Bertz CT molecular complexity index is 261. The Morgan fingerprint density at radius 3 is 2.27 bits per heavy atom. The maximum Gasteiger partial charge on any atom is 0.533 e. The summed E-state index contributed by atoms with van der Waals surface area (Å²) in [6.07, 6.45) is 0.383. The zero-order valence-corrected chi connectivity index (χ0v) is 9.11. The molecule has 0 radical (unpaired) electrons. The highest BCUT2D eigenvalue weighted by molar-refractivity contribution is 5.69. The van der Waals surface area contributed by atoms with Gasteiger partial charge in [-0.2, -0.15) is 0 Å². The number of nitrogens with zero attached hydrogens (tertiary/aromatic N) is 1. The van der Waals surface area contributed by atoms with E-state index in [-0.39, 0.29) is 5.41 Å². The van der Waals surface area contributed by atoms with Crippen molar-refractivity contribution in [3.8, 4) is 0 Å². The van der Waals surface area contributed by atoms with Crippen LogP contribution in [0.4, 0.5) is 9.59 Å². The topological polar surface area (TPSA) is 65.1 Å². The SMILES string of the molecule is COC(=O)ON(CC1(C)CC1)C(=O)OC. The normalized spacial score (nSPS) is 16.5. The molecule has 0 bridgehead atoms. The van der Waals surface area contributed by atoms with Gasteiger partial charge in [0, 0.05) is 0 Å². The van der Waals surface area contributed by atoms with Crippen molar-refractivity contribution in [3.05, 3.63) is 0 Å². The van der Waals surface area contributed by atoms with Crippen LogP contribution in [0.3, 0.4) is 0 Å². The number of rotatable bonds is 2. The fourth-order valence-corrected chi connectivity index (χ4v) is 1.08. The number of carbonyl (C=O) groups excluding carboxylic acids is 2. The quantitative estimate of drug-likeness (QED) is 0.518. The van der Waals surface area contributed by atoms with E-state index in [2.05, 4.69) is 14.3 Å². The van der Waals surface area contributed by atoms with Crippen molar-refractivity contribution >= 4 is 12.2 Å². The number of methoxy groups -OCH3 is 2. The van der Waals surface area contributed by atoms with Crippen molar-refractivity contribution in [1.82, 2.24) is 5.06 Å². The monoisotopic (exact) mass is 217 g/mol. The first-order valence-electron chi connectivity index (χ1n) is 4.62. The van der Waals surface area contributed by atoms with Crippen LogP contribution in [0.5, 0.6) is 0 Å². The van der Waals surface area contributed by atoms with Crippen LogP contribution in [0.2, 0.25) is 0 Å². The third kappa shape index (κ3) is 3.30. The van der Waals surface area contributed by atoms with Gasteiger partial charge in [0.25, 0.3) is 0 Å². The summed E-state index contributed by atoms with van der Waals surface area (Å²) >= 11 is 0. The summed E-state index contributed by atoms with van der Waals surface area (Å²) in [6, 6.07) is 0. The minimum Gasteiger partial charge on any atom is -0.451 e. The average Bonchev–Trinajstić information content (AvgIpc) is 2.94. The molecule has 0 N–H and O–H groups in total. The van der Waals surface area contributed by atoms with Gasteiger partial charge < -0.3 is 14.3 Å². The highest BCUT2D eigenvalue weighted by atomic mass is 16.8. The smallest absolute Gasteiger partial charge is 0.451 e. The highest BCUT2D eigenvalue weighted by Crippen LogP contribution is 2.45. The summed E-state index contributed by atoms with van der Waals surface area (Å²) in [7, 11) is 2.40. The molecule has 6 heteroatoms. The molecule has 0 atom stereocenters. The second-order valence-corrected chi connectivity index (χ2v) is 3.86. The number of amides is 1. The summed E-state index contributed by atoms with van der Waals surface area (Å²) in [5, 5.41) is 0.888. The zero-order valence-electron chi connectivity index (χ0n) is 9.11. The predicted molar refractivity (Wildman–Crippen MR) is 49.9 cm³/mol. The fraction of sp³-hybridized carbons (Fsp3) is 0.778. The summed E-state index contributed by atoms with van der Waals surface area (Å²) in [4.78, 5) is 26.8. The molecule has 1 aliphatic rings. The maximum absolute atomic E-state index is 11.2. The molecule has 15 heavy (non-hydrogen) atoms. The first-order chi connectivity index (χ1) is 7.00. The van der Waals surface area contributed by atoms with E-state index in [0.717, 1.165) is 17.9 Å². The van der Waals surface area contributed by atoms with Gasteiger partial charge >= 0.3 is 12.2 Å². The van der Waals surface area contributed by atoms with E-state index in [9.17, 15) is 9.59 Å². The number of hydroxylamine groups is 2. The largest absolute Gasteiger partial charge is 0.533 e. The van der Waals surface area contributed by atoms with Crippen LogP contribution in [0, 0.1) is 5.41 Å². The van der Waals surface area contributed by atoms with Gasteiger partial charge in [0.15, 0.2) is 0 Å². The van der Waals surface area contributed by atoms with E-state index in [1.807, 2.05) is 6.92 Å². The molecule has 1 rings (SSSR count). The Morgan fingerprint density at radius 1 is 1.27 bits per heavy atom. The molecule has 86 valence electrons. The lowest BCUT2D eigenvalue weighted by Gasteiger charge is -2.21. The molecular weight excluding hydrogens is 202 g/mol. The van der Waals surface area contributed by atoms with Gasteiger partial charge in [0.05, 0.1) is 20.8 Å². The first kappa shape index (κ1) is 11.6. The lowest BCUT2D eigenvalue weighted by molar-refractivity contribution is -0.111. The summed E-state index contributed by atoms with van der Waals surface area (Å²) in [6.45, 7) is 2.33. The molecular formula is C9H15NO5. The Labute approximate surface area is 88.0 Å². The first-order valence-corrected chi connectivity index (χ1v) is 4.62. The van der Waals surface area contributed by atoms with Gasteiger partial charge in [-0.3, -0.25) is 0 Å². The van der Waals surface area contributed by atoms with E-state index in [1.165, 1.54) is 14.2 Å². The maximum atomic E-state index is 11.2. The lowest BCUT2D eigenvalue weighted by atomic mass is 10.1. The summed E-state index contributed by atoms with van der Waals surface area (Å²) in [5.41, 5.74) is 0.0300. The van der Waals surface area contributed by atoms with Crippen molar-refractivity contribution in [2.75, 3.05) is 20.8 Å². The van der Waals surface area contributed by atoms with Gasteiger partial charge in [-0.05, 0) is 18.3 Å². The highest BCUT2D eigenvalue weighted by Gasteiger charge is 2.41. The molecule has 1 saturated carbocycles. The molecule has 0 heterocycles. The van der Waals surface area contributed by atoms with Gasteiger partial charge in [0.1, 0.15) is 0 Å². The Morgan fingerprint density at radius 2 is 1.87 bits per heavy atom. The predicted octanol–water partition coefficient (Wildman–Crippen LogP) is 1.55. The second-order valence-electron chi connectivity index (χ2n) is 3.86. The van der Waals surface area contributed by atoms with E-state index >= 15 is 0 Å². The van der Waals surface area contributed by atoms with Crippen molar-refractivity contribution < 1.29 is 23.9 Å². The molecule has 0 aromatic rings. The van der Waals surface area contributed by atoms with Crippen molar-refractivity contribution in [2.24, 2.45) is 5.41 Å². The standard InChI is InChI=1S/C9H15NO5/c1-9(4-5-9)6-10(7(11)13-2)15-8(12)14-3/h4-6H2,1-3H3. The minimum absolute atomic E-state index is 0.0300. The van der Waals surface area contributed by atoms with Crippen LogP contribution in [-0.4, -0.2) is 38.1 Å². The molecule has 1 fully saturated rings. The Kier molecular flexibility index (Phi) is 3.39. The van der Waals surface area contributed by atoms with Crippen LogP contribution >= 0.6 is 0 Å². The van der Waals surface area contributed by atoms with Crippen LogP contribution in [0.25, 0.3) is 0 Å². The molecule has 0 saturated heterocycles. The van der Waals surface area contributed by atoms with Crippen molar-refractivity contribution in [1.29, 1.82) is 0 Å². The second kappa shape index (κ2) is 4.37. The van der Waals surface area contributed by atoms with E-state index in [1.54, 1.807) is 0 Å². The van der Waals surface area contributed by atoms with Gasteiger partial charge in [-0.25, -0.2) is 9.59 Å². The molecule has 0 aromatic heterocycles.